The highest BCUT2D eigenvalue weighted by Crippen LogP contribution is 2.24. The highest BCUT2D eigenvalue weighted by Gasteiger charge is 2.17. The smallest absolute Gasteiger partial charge is 0.253 e. The van der Waals surface area contributed by atoms with Gasteiger partial charge in [-0.3, -0.25) is 4.79 Å². The Morgan fingerprint density at radius 3 is 2.68 bits per heavy atom. The molecule has 0 atom stereocenters. The largest absolute Gasteiger partial charge is 0.383 e. The third-order valence-corrected chi connectivity index (χ3v) is 3.84. The molecule has 0 aliphatic carbocycles. The lowest BCUT2D eigenvalue weighted by molar-refractivity contribution is 0.0672. The molecule has 1 amide bonds. The Labute approximate surface area is 128 Å². The number of amides is 1. The third kappa shape index (κ3) is 5.13. The van der Waals surface area contributed by atoms with E-state index in [0.717, 1.165) is 4.47 Å². The molecular weight excluding hydrogens is 330 g/mol. The van der Waals surface area contributed by atoms with E-state index in [9.17, 15) is 4.79 Å². The quantitative estimate of drug-likeness (QED) is 0.781. The van der Waals surface area contributed by atoms with Crippen molar-refractivity contribution in [3.63, 3.8) is 0 Å². The fourth-order valence-corrected chi connectivity index (χ4v) is 2.16. The zero-order chi connectivity index (χ0) is 14.4. The Morgan fingerprint density at radius 1 is 1.47 bits per heavy atom. The second-order valence-electron chi connectivity index (χ2n) is 4.77. The zero-order valence-corrected chi connectivity index (χ0v) is 13.8. The summed E-state index contributed by atoms with van der Waals surface area (Å²) in [6.07, 6.45) is 0. The van der Waals surface area contributed by atoms with Gasteiger partial charge in [0.1, 0.15) is 0 Å². The molecule has 0 spiro atoms. The lowest BCUT2D eigenvalue weighted by atomic mass is 10.1. The van der Waals surface area contributed by atoms with Gasteiger partial charge >= 0.3 is 0 Å². The molecule has 1 aromatic rings. The summed E-state index contributed by atoms with van der Waals surface area (Å²) in [6.45, 7) is 5.99. The van der Waals surface area contributed by atoms with Crippen LogP contribution in [0.25, 0.3) is 0 Å². The average Bonchev–Trinajstić information content (AvgIpc) is 2.36. The lowest BCUT2D eigenvalue weighted by Gasteiger charge is -2.24. The van der Waals surface area contributed by atoms with E-state index in [0.29, 0.717) is 36.2 Å². The highest BCUT2D eigenvalue weighted by atomic mass is 79.9. The zero-order valence-electron chi connectivity index (χ0n) is 11.5. The molecule has 0 unspecified atom stereocenters. The van der Waals surface area contributed by atoms with Crippen molar-refractivity contribution in [2.75, 3.05) is 26.8 Å². The van der Waals surface area contributed by atoms with Gasteiger partial charge in [0, 0.05) is 30.2 Å². The summed E-state index contributed by atoms with van der Waals surface area (Å²) >= 11 is 9.35. The van der Waals surface area contributed by atoms with Crippen LogP contribution in [-0.4, -0.2) is 37.6 Å². The molecule has 3 nitrogen and oxygen atoms in total. The first-order valence-corrected chi connectivity index (χ1v) is 7.36. The molecule has 0 bridgehead atoms. The van der Waals surface area contributed by atoms with Crippen molar-refractivity contribution in [1.29, 1.82) is 0 Å². The first-order valence-electron chi connectivity index (χ1n) is 6.19. The van der Waals surface area contributed by atoms with Crippen molar-refractivity contribution in [2.24, 2.45) is 5.92 Å². The molecule has 0 aliphatic rings. The average molecular weight is 349 g/mol. The summed E-state index contributed by atoms with van der Waals surface area (Å²) in [7, 11) is 1.63. The van der Waals surface area contributed by atoms with Crippen molar-refractivity contribution in [3.8, 4) is 0 Å². The van der Waals surface area contributed by atoms with Crippen molar-refractivity contribution in [3.05, 3.63) is 33.3 Å². The number of methoxy groups -OCH3 is 1. The van der Waals surface area contributed by atoms with E-state index in [1.54, 1.807) is 30.2 Å². The molecule has 106 valence electrons. The van der Waals surface area contributed by atoms with Crippen LogP contribution in [0.3, 0.4) is 0 Å². The Bertz CT molecular complexity index is 437. The fraction of sp³-hybridized carbons (Fsp3) is 0.500. The first-order chi connectivity index (χ1) is 8.95. The Hall–Kier alpha value is -0.580. The molecule has 0 radical (unpaired) electrons. The Morgan fingerprint density at radius 2 is 2.16 bits per heavy atom. The second kappa shape index (κ2) is 7.88. The van der Waals surface area contributed by atoms with Gasteiger partial charge in [-0.2, -0.15) is 0 Å². The second-order valence-corrected chi connectivity index (χ2v) is 6.03. The van der Waals surface area contributed by atoms with E-state index in [4.69, 9.17) is 16.3 Å². The van der Waals surface area contributed by atoms with Gasteiger partial charge in [-0.1, -0.05) is 25.4 Å². The maximum absolute atomic E-state index is 12.4. The fourth-order valence-electron chi connectivity index (χ4n) is 1.73. The maximum Gasteiger partial charge on any atom is 0.253 e. The van der Waals surface area contributed by atoms with Gasteiger partial charge in [0.2, 0.25) is 0 Å². The molecular formula is C14H19BrClNO2. The lowest BCUT2D eigenvalue weighted by Crippen LogP contribution is -2.36. The van der Waals surface area contributed by atoms with Gasteiger partial charge < -0.3 is 9.64 Å². The van der Waals surface area contributed by atoms with Crippen LogP contribution in [0.1, 0.15) is 24.2 Å². The van der Waals surface area contributed by atoms with Crippen molar-refractivity contribution in [1.82, 2.24) is 4.90 Å². The first kappa shape index (κ1) is 16.5. The molecule has 5 heteroatoms. The molecule has 1 aromatic carbocycles. The maximum atomic E-state index is 12.4. The number of benzene rings is 1. The van der Waals surface area contributed by atoms with Crippen LogP contribution >= 0.6 is 27.5 Å². The van der Waals surface area contributed by atoms with E-state index in [-0.39, 0.29) is 5.91 Å². The van der Waals surface area contributed by atoms with Crippen molar-refractivity contribution < 1.29 is 9.53 Å². The molecule has 0 saturated heterocycles. The van der Waals surface area contributed by atoms with Gasteiger partial charge in [0.15, 0.2) is 0 Å². The number of hydrogen-bond donors (Lipinski definition) is 0. The number of carbonyl (C=O) groups excluding carboxylic acids is 1. The monoisotopic (exact) mass is 347 g/mol. The minimum absolute atomic E-state index is 0.0137. The van der Waals surface area contributed by atoms with Crippen LogP contribution in [-0.2, 0) is 4.74 Å². The number of ether oxygens (including phenoxy) is 1. The number of rotatable bonds is 6. The van der Waals surface area contributed by atoms with Crippen LogP contribution in [0.15, 0.2) is 22.7 Å². The Kier molecular flexibility index (Phi) is 6.83. The van der Waals surface area contributed by atoms with Crippen LogP contribution in [0, 0.1) is 5.92 Å². The number of carbonyl (C=O) groups is 1. The van der Waals surface area contributed by atoms with Crippen molar-refractivity contribution in [2.45, 2.75) is 13.8 Å². The molecule has 1 rings (SSSR count). The summed E-state index contributed by atoms with van der Waals surface area (Å²) < 4.78 is 5.85. The van der Waals surface area contributed by atoms with Crippen LogP contribution in [0.4, 0.5) is 0 Å². The summed E-state index contributed by atoms with van der Waals surface area (Å²) in [5.41, 5.74) is 0.602. The number of halogens is 2. The summed E-state index contributed by atoms with van der Waals surface area (Å²) in [6, 6.07) is 5.26. The molecule has 19 heavy (non-hydrogen) atoms. The van der Waals surface area contributed by atoms with Gasteiger partial charge in [-0.15, -0.1) is 0 Å². The molecule has 0 fully saturated rings. The summed E-state index contributed by atoms with van der Waals surface area (Å²) in [4.78, 5) is 14.2. The van der Waals surface area contributed by atoms with Gasteiger partial charge in [0.05, 0.1) is 11.6 Å². The molecule has 0 aromatic heterocycles. The van der Waals surface area contributed by atoms with Gasteiger partial charge in [-0.05, 0) is 40.0 Å². The van der Waals surface area contributed by atoms with Crippen molar-refractivity contribution >= 4 is 33.4 Å². The molecule has 0 heterocycles. The van der Waals surface area contributed by atoms with E-state index in [2.05, 4.69) is 29.8 Å². The standard InChI is InChI=1S/C14H19BrClNO2/c1-10(2)9-17(6-7-19-3)14(18)11-4-5-12(15)13(16)8-11/h4-5,8,10H,6-7,9H2,1-3H3. The predicted molar refractivity (Wildman–Crippen MR) is 81.8 cm³/mol. The van der Waals surface area contributed by atoms with Gasteiger partial charge in [0.25, 0.3) is 5.91 Å². The van der Waals surface area contributed by atoms with Crippen LogP contribution in [0.5, 0.6) is 0 Å². The van der Waals surface area contributed by atoms with E-state index >= 15 is 0 Å². The van der Waals surface area contributed by atoms with Crippen LogP contribution < -0.4 is 0 Å². The molecule has 0 saturated carbocycles. The summed E-state index contributed by atoms with van der Waals surface area (Å²) in [5, 5.41) is 0.544. The number of nitrogens with zero attached hydrogens (tertiary/aromatic N) is 1. The SMILES string of the molecule is COCCN(CC(C)C)C(=O)c1ccc(Br)c(Cl)c1. The van der Waals surface area contributed by atoms with E-state index in [1.165, 1.54) is 0 Å². The topological polar surface area (TPSA) is 29.5 Å². The summed E-state index contributed by atoms with van der Waals surface area (Å²) in [5.74, 6) is 0.395. The minimum Gasteiger partial charge on any atom is -0.383 e. The third-order valence-electron chi connectivity index (χ3n) is 2.60. The van der Waals surface area contributed by atoms with Gasteiger partial charge in [-0.25, -0.2) is 0 Å². The van der Waals surface area contributed by atoms with E-state index < -0.39 is 0 Å². The Balaban J connectivity index is 2.87. The minimum atomic E-state index is -0.0137. The normalized spacial score (nSPS) is 10.8. The predicted octanol–water partition coefficient (Wildman–Crippen LogP) is 3.85. The van der Waals surface area contributed by atoms with E-state index in [1.807, 2.05) is 0 Å². The molecule has 0 N–H and O–H groups in total. The van der Waals surface area contributed by atoms with Crippen LogP contribution in [0.2, 0.25) is 5.02 Å². The molecule has 0 aliphatic heterocycles. The highest BCUT2D eigenvalue weighted by molar-refractivity contribution is 9.10. The number of hydrogen-bond acceptors (Lipinski definition) is 2.